The lowest BCUT2D eigenvalue weighted by Crippen LogP contribution is -2.13. The molecular weight excluding hydrogens is 246 g/mol. The number of fused-ring (bicyclic) bond motifs is 1. The van der Waals surface area contributed by atoms with Crippen molar-refractivity contribution in [1.82, 2.24) is 0 Å². The third-order valence-corrected chi connectivity index (χ3v) is 3.72. The molecule has 1 aliphatic heterocycles. The fraction of sp³-hybridized carbons (Fsp3) is 0. The van der Waals surface area contributed by atoms with Crippen LogP contribution in [0.2, 0.25) is 0 Å². The summed E-state index contributed by atoms with van der Waals surface area (Å²) in [5.74, 6) is -0.179. The number of rotatable bonds is 2. The molecule has 0 spiro atoms. The van der Waals surface area contributed by atoms with Crippen molar-refractivity contribution >= 4 is 23.8 Å². The molecule has 3 nitrogen and oxygen atoms in total. The first-order valence-corrected chi connectivity index (χ1v) is 6.27. The van der Waals surface area contributed by atoms with Gasteiger partial charge in [-0.1, -0.05) is 30.3 Å². The first kappa shape index (κ1) is 11.0. The Hall–Kier alpha value is -2.07. The van der Waals surface area contributed by atoms with Crippen LogP contribution in [0.3, 0.4) is 0 Å². The van der Waals surface area contributed by atoms with Crippen LogP contribution in [0.1, 0.15) is 15.9 Å². The lowest BCUT2D eigenvalue weighted by molar-refractivity contribution is -0.248. The van der Waals surface area contributed by atoms with Gasteiger partial charge in [-0.15, -0.1) is 0 Å². The number of hydrogen-bond donors (Lipinski definition) is 1. The number of hydrogen-bond acceptors (Lipinski definition) is 2. The smallest absolute Gasteiger partial charge is 0.437 e. The molecule has 18 heavy (non-hydrogen) atoms. The molecule has 0 unspecified atom stereocenters. The van der Waals surface area contributed by atoms with E-state index in [4.69, 9.17) is 0 Å². The van der Waals surface area contributed by atoms with Crippen LogP contribution in [0, 0.1) is 0 Å². The van der Waals surface area contributed by atoms with E-state index in [0.29, 0.717) is 11.1 Å². The van der Waals surface area contributed by atoms with Crippen molar-refractivity contribution in [1.29, 1.82) is 0 Å². The van der Waals surface area contributed by atoms with E-state index in [2.05, 4.69) is 0 Å². The Bertz CT molecular complexity index is 650. The Labute approximate surface area is 109 Å². The van der Waals surface area contributed by atoms with Gasteiger partial charge in [-0.25, -0.2) is 4.79 Å². The van der Waals surface area contributed by atoms with E-state index >= 15 is 0 Å². The highest BCUT2D eigenvalue weighted by molar-refractivity contribution is 7.93. The zero-order valence-electron chi connectivity index (χ0n) is 9.41. The van der Waals surface area contributed by atoms with Gasteiger partial charge in [-0.05, 0) is 28.2 Å². The van der Waals surface area contributed by atoms with Crippen LogP contribution in [0.5, 0.6) is 0 Å². The maximum Gasteiger partial charge on any atom is 0.437 e. The molecule has 88 valence electrons. The normalized spacial score (nSPS) is 13.9. The maximum atomic E-state index is 12.1. The molecular formula is C14H10NO2S+. The summed E-state index contributed by atoms with van der Waals surface area (Å²) in [6.45, 7) is 0. The second kappa shape index (κ2) is 4.31. The molecule has 0 atom stereocenters. The first-order valence-electron chi connectivity index (χ1n) is 5.50. The van der Waals surface area contributed by atoms with Crippen LogP contribution in [-0.4, -0.2) is 20.9 Å². The summed E-state index contributed by atoms with van der Waals surface area (Å²) >= 11 is 1.22. The van der Waals surface area contributed by atoms with Crippen molar-refractivity contribution in [2.45, 2.75) is 4.90 Å². The highest BCUT2D eigenvalue weighted by Gasteiger charge is 2.39. The van der Waals surface area contributed by atoms with E-state index in [1.807, 2.05) is 30.3 Å². The fourth-order valence-corrected chi connectivity index (χ4v) is 2.71. The summed E-state index contributed by atoms with van der Waals surface area (Å²) in [7, 11) is 0. The molecule has 1 amide bonds. The second-order valence-corrected chi connectivity index (χ2v) is 4.89. The van der Waals surface area contributed by atoms with E-state index in [1.165, 1.54) is 15.9 Å². The Morgan fingerprint density at radius 2 is 1.50 bits per heavy atom. The summed E-state index contributed by atoms with van der Waals surface area (Å²) in [5, 5.41) is 10.1. The number of benzene rings is 2. The SMILES string of the molecule is O=C1c2ccccc2C(O)=[N+]1Sc1ccccc1. The van der Waals surface area contributed by atoms with E-state index in [9.17, 15) is 9.90 Å². The molecule has 1 heterocycles. The van der Waals surface area contributed by atoms with Gasteiger partial charge in [0.1, 0.15) is 11.1 Å². The Balaban J connectivity index is 2.00. The molecule has 0 saturated heterocycles. The van der Waals surface area contributed by atoms with Crippen molar-refractivity contribution in [3.05, 3.63) is 65.7 Å². The fourth-order valence-electron chi connectivity index (χ4n) is 1.85. The monoisotopic (exact) mass is 256 g/mol. The Kier molecular flexibility index (Phi) is 2.64. The van der Waals surface area contributed by atoms with Crippen molar-refractivity contribution in [2.75, 3.05) is 0 Å². The molecule has 2 aromatic rings. The van der Waals surface area contributed by atoms with Crippen LogP contribution < -0.4 is 0 Å². The summed E-state index contributed by atoms with van der Waals surface area (Å²) in [6.07, 6.45) is 0. The third kappa shape index (κ3) is 1.71. The zero-order valence-corrected chi connectivity index (χ0v) is 10.2. The highest BCUT2D eigenvalue weighted by atomic mass is 32.2. The van der Waals surface area contributed by atoms with Crippen LogP contribution in [0.25, 0.3) is 0 Å². The summed E-state index contributed by atoms with van der Waals surface area (Å²) in [6, 6.07) is 16.6. The molecule has 2 aromatic carbocycles. The summed E-state index contributed by atoms with van der Waals surface area (Å²) in [4.78, 5) is 13.0. The number of carbonyl (C=O) groups excluding carboxylic acids is 1. The van der Waals surface area contributed by atoms with Crippen molar-refractivity contribution in [3.63, 3.8) is 0 Å². The minimum atomic E-state index is -0.183. The van der Waals surface area contributed by atoms with Crippen molar-refractivity contribution in [2.24, 2.45) is 0 Å². The molecule has 3 rings (SSSR count). The Morgan fingerprint density at radius 1 is 0.889 bits per heavy atom. The van der Waals surface area contributed by atoms with Crippen molar-refractivity contribution in [3.8, 4) is 0 Å². The molecule has 1 N–H and O–H groups in total. The van der Waals surface area contributed by atoms with Gasteiger partial charge in [-0.2, -0.15) is 0 Å². The molecule has 0 aliphatic carbocycles. The average molecular weight is 256 g/mol. The van der Waals surface area contributed by atoms with E-state index in [1.54, 1.807) is 24.3 Å². The molecule has 0 fully saturated rings. The highest BCUT2D eigenvalue weighted by Crippen LogP contribution is 2.26. The predicted octanol–water partition coefficient (Wildman–Crippen LogP) is 2.86. The van der Waals surface area contributed by atoms with Crippen LogP contribution >= 0.6 is 11.9 Å². The molecule has 0 radical (unpaired) electrons. The molecule has 1 aliphatic rings. The summed E-state index contributed by atoms with van der Waals surface area (Å²) in [5.41, 5.74) is 1.13. The van der Waals surface area contributed by atoms with E-state index in [0.717, 1.165) is 4.90 Å². The average Bonchev–Trinajstić information content (AvgIpc) is 2.66. The van der Waals surface area contributed by atoms with E-state index < -0.39 is 0 Å². The lowest BCUT2D eigenvalue weighted by atomic mass is 10.1. The lowest BCUT2D eigenvalue weighted by Gasteiger charge is -1.93. The number of nitrogens with zero attached hydrogens (tertiary/aromatic N) is 1. The van der Waals surface area contributed by atoms with Gasteiger partial charge in [0.15, 0.2) is 0 Å². The largest absolute Gasteiger partial charge is 0.458 e. The standard InChI is InChI=1S/C14H9NO2S/c16-13-11-8-4-5-9-12(11)14(17)15(13)18-10-6-2-1-3-7-10/h1-9H/p+1. The quantitative estimate of drug-likeness (QED) is 0.663. The van der Waals surface area contributed by atoms with Crippen LogP contribution in [0.15, 0.2) is 59.5 Å². The second-order valence-electron chi connectivity index (χ2n) is 3.87. The van der Waals surface area contributed by atoms with Crippen LogP contribution in [0.4, 0.5) is 0 Å². The van der Waals surface area contributed by atoms with Gasteiger partial charge < -0.3 is 5.11 Å². The van der Waals surface area contributed by atoms with E-state index in [-0.39, 0.29) is 11.8 Å². The molecule has 0 aromatic heterocycles. The number of aliphatic hydroxyl groups is 1. The number of aliphatic hydroxyl groups excluding tert-OH is 1. The first-order chi connectivity index (χ1) is 8.77. The summed E-state index contributed by atoms with van der Waals surface area (Å²) < 4.78 is 1.32. The van der Waals surface area contributed by atoms with Gasteiger partial charge >= 0.3 is 11.8 Å². The molecule has 4 heteroatoms. The zero-order chi connectivity index (χ0) is 12.5. The van der Waals surface area contributed by atoms with Gasteiger partial charge in [0.25, 0.3) is 0 Å². The molecule has 0 bridgehead atoms. The van der Waals surface area contributed by atoms with Gasteiger partial charge in [0.05, 0.1) is 4.90 Å². The number of carbonyl (C=O) groups is 1. The minimum absolute atomic E-state index is 0.00412. The number of amides is 1. The minimum Gasteiger partial charge on any atom is -0.458 e. The topological polar surface area (TPSA) is 40.3 Å². The Morgan fingerprint density at radius 3 is 2.17 bits per heavy atom. The third-order valence-electron chi connectivity index (χ3n) is 2.72. The predicted molar refractivity (Wildman–Crippen MR) is 70.1 cm³/mol. The van der Waals surface area contributed by atoms with Gasteiger partial charge in [0, 0.05) is 0 Å². The van der Waals surface area contributed by atoms with Gasteiger partial charge in [-0.3, -0.25) is 0 Å². The maximum absolute atomic E-state index is 12.1. The van der Waals surface area contributed by atoms with Crippen LogP contribution in [-0.2, 0) is 0 Å². The van der Waals surface area contributed by atoms with Gasteiger partial charge in [0.2, 0.25) is 11.9 Å². The van der Waals surface area contributed by atoms with Crippen molar-refractivity contribution < 1.29 is 13.9 Å². The molecule has 0 saturated carbocycles.